The lowest BCUT2D eigenvalue weighted by Gasteiger charge is -2.31. The summed E-state index contributed by atoms with van der Waals surface area (Å²) < 4.78 is 22.7. The van der Waals surface area contributed by atoms with E-state index in [2.05, 4.69) is 6.92 Å². The van der Waals surface area contributed by atoms with Crippen molar-refractivity contribution >= 4 is 15.8 Å². The molecule has 0 heterocycles. The summed E-state index contributed by atoms with van der Waals surface area (Å²) in [5, 5.41) is 8.50. The second kappa shape index (κ2) is 4.35. The lowest BCUT2D eigenvalue weighted by atomic mass is 9.91. The van der Waals surface area contributed by atoms with Gasteiger partial charge in [-0.15, -0.1) is 0 Å². The monoisotopic (exact) mass is 248 g/mol. The molecule has 1 saturated carbocycles. The van der Waals surface area contributed by atoms with Crippen molar-refractivity contribution in [2.24, 2.45) is 5.92 Å². The molecular weight excluding hydrogens is 228 g/mol. The van der Waals surface area contributed by atoms with Gasteiger partial charge in [0, 0.05) is 0 Å². The molecule has 0 atom stereocenters. The molecule has 0 aliphatic heterocycles. The van der Waals surface area contributed by atoms with Gasteiger partial charge < -0.3 is 5.11 Å². The van der Waals surface area contributed by atoms with Crippen LogP contribution in [0.1, 0.15) is 46.5 Å². The van der Waals surface area contributed by atoms with Gasteiger partial charge >= 0.3 is 5.97 Å². The molecule has 0 unspecified atom stereocenters. The van der Waals surface area contributed by atoms with Crippen LogP contribution in [0.4, 0.5) is 0 Å². The Balaban J connectivity index is 2.91. The molecule has 5 heteroatoms. The van der Waals surface area contributed by atoms with E-state index < -0.39 is 25.8 Å². The quantitative estimate of drug-likeness (QED) is 0.827. The summed E-state index contributed by atoms with van der Waals surface area (Å²) in [6.07, 6.45) is 2.94. The fraction of sp³-hybridized carbons (Fsp3) is 0.909. The van der Waals surface area contributed by atoms with Crippen molar-refractivity contribution in [1.82, 2.24) is 0 Å². The topological polar surface area (TPSA) is 71.4 Å². The summed E-state index contributed by atoms with van der Waals surface area (Å²) >= 11 is 0. The van der Waals surface area contributed by atoms with E-state index in [0.717, 1.165) is 12.8 Å². The highest BCUT2D eigenvalue weighted by atomic mass is 32.2. The minimum Gasteiger partial charge on any atom is -0.480 e. The Labute approximate surface area is 97.0 Å². The van der Waals surface area contributed by atoms with Crippen LogP contribution in [0.3, 0.4) is 0 Å². The highest BCUT2D eigenvalue weighted by molar-refractivity contribution is 7.94. The van der Waals surface area contributed by atoms with E-state index in [1.807, 2.05) is 0 Å². The van der Waals surface area contributed by atoms with E-state index in [9.17, 15) is 13.2 Å². The molecule has 1 rings (SSSR count). The molecule has 0 aromatic heterocycles. The van der Waals surface area contributed by atoms with Gasteiger partial charge in [-0.05, 0) is 45.4 Å². The number of rotatable bonds is 3. The van der Waals surface area contributed by atoms with Crippen LogP contribution in [-0.4, -0.2) is 29.5 Å². The predicted molar refractivity (Wildman–Crippen MR) is 62.1 cm³/mol. The van der Waals surface area contributed by atoms with Gasteiger partial charge in [0.05, 0.1) is 5.25 Å². The minimum absolute atomic E-state index is 0.477. The van der Waals surface area contributed by atoms with Crippen LogP contribution in [0.2, 0.25) is 0 Å². The highest BCUT2D eigenvalue weighted by Crippen LogP contribution is 2.33. The third-order valence-corrected chi connectivity index (χ3v) is 6.57. The number of carboxylic acids is 1. The summed E-state index contributed by atoms with van der Waals surface area (Å²) in [5.74, 6) is -0.703. The largest absolute Gasteiger partial charge is 0.480 e. The number of aliphatic carboxylic acids is 1. The van der Waals surface area contributed by atoms with Crippen molar-refractivity contribution in [2.45, 2.75) is 56.5 Å². The third-order valence-electron chi connectivity index (χ3n) is 3.63. The Morgan fingerprint density at radius 1 is 1.19 bits per heavy atom. The van der Waals surface area contributed by atoms with Crippen molar-refractivity contribution < 1.29 is 18.3 Å². The zero-order chi connectivity index (χ0) is 12.6. The van der Waals surface area contributed by atoms with E-state index in [0.29, 0.717) is 18.8 Å². The Hall–Kier alpha value is -0.580. The number of carbonyl (C=O) groups is 1. The smallest absolute Gasteiger partial charge is 0.324 e. The van der Waals surface area contributed by atoms with Gasteiger partial charge in [0.1, 0.15) is 0 Å². The fourth-order valence-corrected chi connectivity index (χ4v) is 4.05. The molecular formula is C11H20O4S. The van der Waals surface area contributed by atoms with Crippen LogP contribution in [0, 0.1) is 5.92 Å². The predicted octanol–water partition coefficient (Wildman–Crippen LogP) is 1.84. The number of hydrogen-bond donors (Lipinski definition) is 1. The van der Waals surface area contributed by atoms with Crippen molar-refractivity contribution in [3.8, 4) is 0 Å². The molecule has 1 fully saturated rings. The van der Waals surface area contributed by atoms with Gasteiger partial charge in [0.2, 0.25) is 0 Å². The lowest BCUT2D eigenvalue weighted by Crippen LogP contribution is -2.46. The molecule has 0 spiro atoms. The molecule has 1 aliphatic carbocycles. The Morgan fingerprint density at radius 3 is 2.00 bits per heavy atom. The third kappa shape index (κ3) is 2.24. The molecule has 0 aromatic carbocycles. The SMILES string of the molecule is CC1CCC(S(=O)(=O)C(C)(C)C(=O)O)CC1. The summed E-state index contributed by atoms with van der Waals surface area (Å²) in [6, 6.07) is 0. The van der Waals surface area contributed by atoms with E-state index in [1.165, 1.54) is 13.8 Å². The molecule has 0 saturated heterocycles. The first-order valence-corrected chi connectivity index (χ1v) is 7.21. The first-order chi connectivity index (χ1) is 7.19. The maximum atomic E-state index is 12.2. The Morgan fingerprint density at radius 2 is 1.62 bits per heavy atom. The van der Waals surface area contributed by atoms with Crippen LogP contribution in [0.15, 0.2) is 0 Å². The molecule has 0 amide bonds. The van der Waals surface area contributed by atoms with Gasteiger partial charge in [-0.25, -0.2) is 8.42 Å². The second-order valence-corrected chi connectivity index (χ2v) is 8.02. The molecule has 4 nitrogen and oxygen atoms in total. The maximum Gasteiger partial charge on any atom is 0.324 e. The van der Waals surface area contributed by atoms with Crippen molar-refractivity contribution in [1.29, 1.82) is 0 Å². The van der Waals surface area contributed by atoms with Crippen LogP contribution < -0.4 is 0 Å². The zero-order valence-electron chi connectivity index (χ0n) is 10.1. The normalized spacial score (nSPS) is 27.7. The number of hydrogen-bond acceptors (Lipinski definition) is 3. The summed E-state index contributed by atoms with van der Waals surface area (Å²) in [6.45, 7) is 4.66. The number of carboxylic acid groups (broad SMARTS) is 1. The standard InChI is InChI=1S/C11H20O4S/c1-8-4-6-9(7-5-8)16(14,15)11(2,3)10(12)13/h8-9H,4-7H2,1-3H3,(H,12,13). The average Bonchev–Trinajstić information content (AvgIpc) is 2.17. The number of sulfone groups is 1. The summed E-state index contributed by atoms with van der Waals surface area (Å²) in [7, 11) is -3.58. The van der Waals surface area contributed by atoms with E-state index in [1.54, 1.807) is 0 Å². The van der Waals surface area contributed by atoms with E-state index in [-0.39, 0.29) is 0 Å². The van der Waals surface area contributed by atoms with Crippen LogP contribution in [0.25, 0.3) is 0 Å². The molecule has 1 N–H and O–H groups in total. The molecule has 94 valence electrons. The average molecular weight is 248 g/mol. The molecule has 0 aromatic rings. The molecule has 1 aliphatic rings. The summed E-state index contributed by atoms with van der Waals surface area (Å²) in [4.78, 5) is 11.0. The lowest BCUT2D eigenvalue weighted by molar-refractivity contribution is -0.139. The highest BCUT2D eigenvalue weighted by Gasteiger charge is 2.46. The zero-order valence-corrected chi connectivity index (χ0v) is 10.9. The molecule has 16 heavy (non-hydrogen) atoms. The van der Waals surface area contributed by atoms with Crippen LogP contribution >= 0.6 is 0 Å². The van der Waals surface area contributed by atoms with Crippen LogP contribution in [0.5, 0.6) is 0 Å². The maximum absolute atomic E-state index is 12.2. The van der Waals surface area contributed by atoms with Gasteiger partial charge in [0.25, 0.3) is 0 Å². The van der Waals surface area contributed by atoms with Crippen LogP contribution in [-0.2, 0) is 14.6 Å². The second-order valence-electron chi connectivity index (χ2n) is 5.24. The van der Waals surface area contributed by atoms with Crippen molar-refractivity contribution in [3.63, 3.8) is 0 Å². The Kier molecular flexibility index (Phi) is 3.67. The first kappa shape index (κ1) is 13.5. The molecule has 0 bridgehead atoms. The van der Waals surface area contributed by atoms with Gasteiger partial charge in [-0.3, -0.25) is 4.79 Å². The van der Waals surface area contributed by atoms with Gasteiger partial charge in [-0.2, -0.15) is 0 Å². The van der Waals surface area contributed by atoms with Crippen molar-refractivity contribution in [3.05, 3.63) is 0 Å². The minimum atomic E-state index is -3.58. The van der Waals surface area contributed by atoms with E-state index in [4.69, 9.17) is 5.11 Å². The van der Waals surface area contributed by atoms with E-state index >= 15 is 0 Å². The molecule has 0 radical (unpaired) electrons. The fourth-order valence-electron chi connectivity index (χ4n) is 2.08. The van der Waals surface area contributed by atoms with Gasteiger partial charge in [0.15, 0.2) is 14.6 Å². The Bertz CT molecular complexity index is 361. The van der Waals surface area contributed by atoms with Gasteiger partial charge in [-0.1, -0.05) is 6.92 Å². The summed E-state index contributed by atoms with van der Waals surface area (Å²) in [5.41, 5.74) is 0. The first-order valence-electron chi connectivity index (χ1n) is 5.66. The van der Waals surface area contributed by atoms with Crippen molar-refractivity contribution in [2.75, 3.05) is 0 Å².